The second kappa shape index (κ2) is 5.97. The van der Waals surface area contributed by atoms with Gasteiger partial charge < -0.3 is 9.64 Å². The van der Waals surface area contributed by atoms with Gasteiger partial charge in [0.2, 0.25) is 0 Å². The quantitative estimate of drug-likeness (QED) is 0.526. The number of hydrogen-bond donors (Lipinski definition) is 1. The summed E-state index contributed by atoms with van der Waals surface area (Å²) >= 11 is 0. The lowest BCUT2D eigenvalue weighted by Crippen LogP contribution is -2.41. The summed E-state index contributed by atoms with van der Waals surface area (Å²) in [6, 6.07) is 0. The number of rotatable bonds is 5. The van der Waals surface area contributed by atoms with E-state index in [1.807, 2.05) is 4.90 Å². The first-order valence-corrected chi connectivity index (χ1v) is 4.94. The van der Waals surface area contributed by atoms with E-state index in [0.717, 1.165) is 13.1 Å². The normalized spacial score (nSPS) is 13.1. The van der Waals surface area contributed by atoms with Crippen LogP contribution in [-0.4, -0.2) is 37.0 Å². The Hall–Kier alpha value is -0.570. The average Bonchev–Trinajstić information content (AvgIpc) is 2.07. The van der Waals surface area contributed by atoms with Crippen LogP contribution in [0, 0.1) is 11.3 Å². The Bertz CT molecular complexity index is 153. The fraction of sp³-hybridized carbons (Fsp3) is 0.900. The first-order chi connectivity index (χ1) is 6.08. The maximum absolute atomic E-state index is 7.93. The van der Waals surface area contributed by atoms with Crippen molar-refractivity contribution in [2.45, 2.75) is 33.8 Å². The van der Waals surface area contributed by atoms with Crippen molar-refractivity contribution in [3.05, 3.63) is 0 Å². The van der Waals surface area contributed by atoms with Crippen LogP contribution in [0.3, 0.4) is 0 Å². The van der Waals surface area contributed by atoms with Crippen LogP contribution < -0.4 is 0 Å². The van der Waals surface area contributed by atoms with Crippen molar-refractivity contribution in [1.29, 1.82) is 5.41 Å². The van der Waals surface area contributed by atoms with Crippen LogP contribution in [0.5, 0.6) is 0 Å². The van der Waals surface area contributed by atoms with Crippen LogP contribution in [0.4, 0.5) is 0 Å². The molecule has 0 rings (SSSR count). The van der Waals surface area contributed by atoms with E-state index in [1.54, 1.807) is 7.11 Å². The molecule has 0 bridgehead atoms. The number of methoxy groups -OCH3 is 1. The number of hydrogen-bond acceptors (Lipinski definition) is 2. The van der Waals surface area contributed by atoms with Crippen molar-refractivity contribution in [1.82, 2.24) is 4.90 Å². The molecule has 0 aromatic carbocycles. The highest BCUT2D eigenvalue weighted by Gasteiger charge is 2.21. The third-order valence-corrected chi connectivity index (χ3v) is 2.23. The van der Waals surface area contributed by atoms with Gasteiger partial charge in [0.1, 0.15) is 11.9 Å². The molecule has 0 aliphatic heterocycles. The summed E-state index contributed by atoms with van der Waals surface area (Å²) in [7, 11) is 1.67. The van der Waals surface area contributed by atoms with Crippen LogP contribution in [0.25, 0.3) is 0 Å². The summed E-state index contributed by atoms with van der Waals surface area (Å²) in [5.74, 6) is 0.959. The van der Waals surface area contributed by atoms with E-state index >= 15 is 0 Å². The Morgan fingerprint density at radius 1 is 1.31 bits per heavy atom. The molecule has 1 N–H and O–H groups in total. The van der Waals surface area contributed by atoms with E-state index in [-0.39, 0.29) is 6.10 Å². The smallest absolute Gasteiger partial charge is 0.126 e. The van der Waals surface area contributed by atoms with Crippen LogP contribution in [0.2, 0.25) is 0 Å². The predicted octanol–water partition coefficient (Wildman–Crippen LogP) is 1.98. The van der Waals surface area contributed by atoms with Crippen molar-refractivity contribution < 1.29 is 4.74 Å². The Morgan fingerprint density at radius 2 is 1.77 bits per heavy atom. The summed E-state index contributed by atoms with van der Waals surface area (Å²) in [4.78, 5) is 2.02. The molecule has 0 fully saturated rings. The van der Waals surface area contributed by atoms with Gasteiger partial charge in [-0.05, 0) is 19.8 Å². The zero-order valence-corrected chi connectivity index (χ0v) is 9.42. The standard InChI is InChI=1S/C10H22N2O/c1-6-12(7-2)10(11)9(13-5)8(3)4/h8-9,11H,6-7H2,1-5H3. The monoisotopic (exact) mass is 186 g/mol. The predicted molar refractivity (Wildman–Crippen MR) is 56.3 cm³/mol. The Balaban J connectivity index is 4.34. The van der Waals surface area contributed by atoms with Gasteiger partial charge in [-0.15, -0.1) is 0 Å². The highest BCUT2D eigenvalue weighted by molar-refractivity contribution is 5.83. The molecule has 0 aromatic rings. The van der Waals surface area contributed by atoms with E-state index in [0.29, 0.717) is 11.8 Å². The van der Waals surface area contributed by atoms with Gasteiger partial charge in [-0.25, -0.2) is 0 Å². The fourth-order valence-electron chi connectivity index (χ4n) is 1.44. The summed E-state index contributed by atoms with van der Waals surface area (Å²) < 4.78 is 5.29. The number of amidine groups is 1. The third kappa shape index (κ3) is 3.35. The van der Waals surface area contributed by atoms with E-state index in [9.17, 15) is 0 Å². The zero-order valence-electron chi connectivity index (χ0n) is 9.42. The molecule has 1 atom stereocenters. The minimum Gasteiger partial charge on any atom is -0.373 e. The molecule has 0 radical (unpaired) electrons. The summed E-state index contributed by atoms with van der Waals surface area (Å²) in [5.41, 5.74) is 0. The Morgan fingerprint density at radius 3 is 2.00 bits per heavy atom. The third-order valence-electron chi connectivity index (χ3n) is 2.23. The molecule has 0 saturated carbocycles. The lowest BCUT2D eigenvalue weighted by Gasteiger charge is -2.29. The lowest BCUT2D eigenvalue weighted by molar-refractivity contribution is 0.106. The molecule has 0 spiro atoms. The average molecular weight is 186 g/mol. The van der Waals surface area contributed by atoms with E-state index in [2.05, 4.69) is 27.7 Å². The van der Waals surface area contributed by atoms with E-state index < -0.39 is 0 Å². The summed E-state index contributed by atoms with van der Waals surface area (Å²) in [6.07, 6.45) is -0.0695. The first kappa shape index (κ1) is 12.4. The van der Waals surface area contributed by atoms with E-state index in [4.69, 9.17) is 10.1 Å². The van der Waals surface area contributed by atoms with Crippen molar-refractivity contribution in [3.8, 4) is 0 Å². The largest absolute Gasteiger partial charge is 0.373 e. The maximum Gasteiger partial charge on any atom is 0.126 e. The van der Waals surface area contributed by atoms with Crippen LogP contribution in [-0.2, 0) is 4.74 Å². The molecule has 3 nitrogen and oxygen atoms in total. The van der Waals surface area contributed by atoms with Crippen LogP contribution in [0.1, 0.15) is 27.7 Å². The number of likely N-dealkylation sites (N-methyl/N-ethyl adjacent to an activating group) is 1. The molecule has 0 aromatic heterocycles. The van der Waals surface area contributed by atoms with Gasteiger partial charge >= 0.3 is 0 Å². The molecular weight excluding hydrogens is 164 g/mol. The highest BCUT2D eigenvalue weighted by atomic mass is 16.5. The minimum absolute atomic E-state index is 0.0695. The molecule has 0 aliphatic carbocycles. The van der Waals surface area contributed by atoms with Crippen molar-refractivity contribution in [3.63, 3.8) is 0 Å². The van der Waals surface area contributed by atoms with Gasteiger partial charge in [0.05, 0.1) is 0 Å². The molecule has 0 heterocycles. The van der Waals surface area contributed by atoms with Crippen molar-refractivity contribution in [2.75, 3.05) is 20.2 Å². The number of nitrogens with zero attached hydrogens (tertiary/aromatic N) is 1. The topological polar surface area (TPSA) is 36.3 Å². The Kier molecular flexibility index (Phi) is 5.71. The second-order valence-electron chi connectivity index (χ2n) is 3.46. The molecule has 78 valence electrons. The molecular formula is C10H22N2O. The molecule has 3 heteroatoms. The molecule has 0 amide bonds. The second-order valence-corrected chi connectivity index (χ2v) is 3.46. The minimum atomic E-state index is -0.0695. The Labute approximate surface area is 81.6 Å². The van der Waals surface area contributed by atoms with Crippen LogP contribution >= 0.6 is 0 Å². The van der Waals surface area contributed by atoms with Gasteiger partial charge in [-0.1, -0.05) is 13.8 Å². The molecule has 13 heavy (non-hydrogen) atoms. The summed E-state index contributed by atoms with van der Waals surface area (Å²) in [5, 5.41) is 7.93. The molecule has 1 unspecified atom stereocenters. The van der Waals surface area contributed by atoms with E-state index in [1.165, 1.54) is 0 Å². The van der Waals surface area contributed by atoms with Gasteiger partial charge in [-0.3, -0.25) is 5.41 Å². The molecule has 0 aliphatic rings. The maximum atomic E-state index is 7.93. The lowest BCUT2D eigenvalue weighted by atomic mass is 10.1. The van der Waals surface area contributed by atoms with Crippen LogP contribution in [0.15, 0.2) is 0 Å². The van der Waals surface area contributed by atoms with Gasteiger partial charge in [0, 0.05) is 20.2 Å². The highest BCUT2D eigenvalue weighted by Crippen LogP contribution is 2.09. The van der Waals surface area contributed by atoms with Gasteiger partial charge in [-0.2, -0.15) is 0 Å². The van der Waals surface area contributed by atoms with Gasteiger partial charge in [0.15, 0.2) is 0 Å². The number of nitrogens with one attached hydrogen (secondary N) is 1. The van der Waals surface area contributed by atoms with Crippen molar-refractivity contribution in [2.24, 2.45) is 5.92 Å². The fourth-order valence-corrected chi connectivity index (χ4v) is 1.44. The SMILES string of the molecule is CCN(CC)C(=N)C(OC)C(C)C. The van der Waals surface area contributed by atoms with Gasteiger partial charge in [0.25, 0.3) is 0 Å². The number of ether oxygens (including phenoxy) is 1. The molecule has 0 saturated heterocycles. The zero-order chi connectivity index (χ0) is 10.4. The summed E-state index contributed by atoms with van der Waals surface area (Å²) in [6.45, 7) is 10.0. The van der Waals surface area contributed by atoms with Crippen molar-refractivity contribution >= 4 is 5.84 Å². The first-order valence-electron chi connectivity index (χ1n) is 4.94.